The molecule has 1 aromatic rings. The van der Waals surface area contributed by atoms with Crippen LogP contribution in [-0.4, -0.2) is 24.0 Å². The highest BCUT2D eigenvalue weighted by molar-refractivity contribution is 8.02. The Labute approximate surface area is 143 Å². The molecule has 1 aromatic heterocycles. The molecule has 0 aliphatic heterocycles. The van der Waals surface area contributed by atoms with Gasteiger partial charge in [-0.2, -0.15) is 26.3 Å². The first-order valence-corrected chi connectivity index (χ1v) is 8.86. The molecule has 0 nitrogen and oxygen atoms in total. The van der Waals surface area contributed by atoms with Crippen LogP contribution in [-0.2, 0) is 0 Å². The third kappa shape index (κ3) is 2.37. The second-order valence-corrected chi connectivity index (χ2v) is 7.38. The van der Waals surface area contributed by atoms with Crippen LogP contribution in [0.25, 0.3) is 5.57 Å². The van der Waals surface area contributed by atoms with Crippen LogP contribution in [0.3, 0.4) is 0 Å². The first kappa shape index (κ1) is 19.2. The summed E-state index contributed by atoms with van der Waals surface area (Å²) in [5, 5.41) is 1.40. The van der Waals surface area contributed by atoms with Gasteiger partial charge in [0.2, 0.25) is 0 Å². The standard InChI is InChI=1S/C16H14F6S2/c1-5-10(8(2)23-4)12-13(11-6-7-24-9(11)3)15(19,20)16(21,22)14(12,17)18/h5-7H,1H2,2-4H3/b10-8+. The molecule has 132 valence electrons. The molecule has 0 aromatic carbocycles. The molecule has 0 saturated heterocycles. The van der Waals surface area contributed by atoms with Gasteiger partial charge in [0.25, 0.3) is 0 Å². The molecule has 0 unspecified atom stereocenters. The Morgan fingerprint density at radius 3 is 2.17 bits per heavy atom. The molecule has 0 saturated carbocycles. The molecule has 0 atom stereocenters. The van der Waals surface area contributed by atoms with Gasteiger partial charge in [0.15, 0.2) is 0 Å². The minimum absolute atomic E-state index is 0.207. The molecule has 0 amide bonds. The Morgan fingerprint density at radius 1 is 1.17 bits per heavy atom. The molecule has 1 heterocycles. The van der Waals surface area contributed by atoms with Crippen molar-refractivity contribution in [1.82, 2.24) is 0 Å². The predicted molar refractivity (Wildman–Crippen MR) is 87.2 cm³/mol. The molecule has 0 spiro atoms. The van der Waals surface area contributed by atoms with Crippen molar-refractivity contribution in [3.8, 4) is 0 Å². The number of halogens is 6. The van der Waals surface area contributed by atoms with Gasteiger partial charge in [0.1, 0.15) is 0 Å². The van der Waals surface area contributed by atoms with Crippen molar-refractivity contribution < 1.29 is 26.3 Å². The van der Waals surface area contributed by atoms with E-state index in [4.69, 9.17) is 0 Å². The van der Waals surface area contributed by atoms with E-state index in [2.05, 4.69) is 6.58 Å². The van der Waals surface area contributed by atoms with E-state index in [1.807, 2.05) is 0 Å². The third-order valence-electron chi connectivity index (χ3n) is 3.95. The van der Waals surface area contributed by atoms with Gasteiger partial charge in [-0.25, -0.2) is 0 Å². The lowest BCUT2D eigenvalue weighted by molar-refractivity contribution is -0.259. The van der Waals surface area contributed by atoms with Crippen LogP contribution >= 0.6 is 23.1 Å². The smallest absolute Gasteiger partial charge is 0.194 e. The van der Waals surface area contributed by atoms with Crippen LogP contribution in [0.15, 0.2) is 40.2 Å². The van der Waals surface area contributed by atoms with Crippen LogP contribution < -0.4 is 0 Å². The molecule has 0 bridgehead atoms. The van der Waals surface area contributed by atoms with Crippen LogP contribution in [0.1, 0.15) is 17.4 Å². The van der Waals surface area contributed by atoms with Crippen molar-refractivity contribution >= 4 is 28.7 Å². The summed E-state index contributed by atoms with van der Waals surface area (Å²) in [6, 6.07) is 1.16. The number of thiophene rings is 1. The van der Waals surface area contributed by atoms with Gasteiger partial charge in [-0.1, -0.05) is 12.7 Å². The van der Waals surface area contributed by atoms with E-state index in [-0.39, 0.29) is 20.9 Å². The maximum atomic E-state index is 14.4. The van der Waals surface area contributed by atoms with Gasteiger partial charge in [0.05, 0.1) is 0 Å². The summed E-state index contributed by atoms with van der Waals surface area (Å²) >= 11 is 2.03. The fourth-order valence-corrected chi connectivity index (χ4v) is 3.72. The van der Waals surface area contributed by atoms with E-state index >= 15 is 0 Å². The number of alkyl halides is 6. The topological polar surface area (TPSA) is 0 Å². The summed E-state index contributed by atoms with van der Waals surface area (Å²) in [5.41, 5.74) is -3.34. The van der Waals surface area contributed by atoms with Crippen LogP contribution in [0, 0.1) is 6.92 Å². The lowest BCUT2D eigenvalue weighted by atomic mass is 9.95. The molecule has 8 heteroatoms. The monoisotopic (exact) mass is 384 g/mol. The second-order valence-electron chi connectivity index (χ2n) is 5.24. The van der Waals surface area contributed by atoms with E-state index in [1.54, 1.807) is 0 Å². The molecule has 0 radical (unpaired) electrons. The highest BCUT2D eigenvalue weighted by atomic mass is 32.2. The molecule has 0 N–H and O–H groups in total. The fraction of sp³-hybridized carbons (Fsp3) is 0.375. The largest absolute Gasteiger partial charge is 0.380 e. The van der Waals surface area contributed by atoms with Crippen molar-refractivity contribution in [1.29, 1.82) is 0 Å². The quantitative estimate of drug-likeness (QED) is 0.419. The second kappa shape index (κ2) is 5.98. The highest BCUT2D eigenvalue weighted by Crippen LogP contribution is 2.64. The van der Waals surface area contributed by atoms with E-state index in [0.29, 0.717) is 0 Å². The Hall–Kier alpha value is -1.15. The number of hydrogen-bond donors (Lipinski definition) is 0. The van der Waals surface area contributed by atoms with Gasteiger partial charge in [0, 0.05) is 16.0 Å². The molecule has 0 fully saturated rings. The maximum Gasteiger partial charge on any atom is 0.380 e. The molecule has 1 aliphatic carbocycles. The Morgan fingerprint density at radius 2 is 1.75 bits per heavy atom. The Balaban J connectivity index is 2.99. The van der Waals surface area contributed by atoms with E-state index in [1.165, 1.54) is 25.5 Å². The fourth-order valence-electron chi connectivity index (χ4n) is 2.61. The third-order valence-corrected chi connectivity index (χ3v) is 5.63. The molecular formula is C16H14F6S2. The minimum atomic E-state index is -5.52. The summed E-state index contributed by atoms with van der Waals surface area (Å²) in [4.78, 5) is 0.472. The first-order chi connectivity index (χ1) is 10.9. The van der Waals surface area contributed by atoms with Crippen LogP contribution in [0.5, 0.6) is 0 Å². The van der Waals surface area contributed by atoms with Crippen molar-refractivity contribution in [2.24, 2.45) is 0 Å². The van der Waals surface area contributed by atoms with Gasteiger partial charge in [-0.3, -0.25) is 0 Å². The zero-order valence-corrected chi connectivity index (χ0v) is 14.7. The zero-order chi connectivity index (χ0) is 18.5. The summed E-state index contributed by atoms with van der Waals surface area (Å²) in [6.45, 7) is 6.17. The molecular weight excluding hydrogens is 370 g/mol. The summed E-state index contributed by atoms with van der Waals surface area (Å²) < 4.78 is 85.6. The van der Waals surface area contributed by atoms with Crippen molar-refractivity contribution in [3.05, 3.63) is 50.6 Å². The van der Waals surface area contributed by atoms with E-state index < -0.39 is 28.9 Å². The van der Waals surface area contributed by atoms with Gasteiger partial charge >= 0.3 is 17.8 Å². The SMILES string of the molecule is C=C/C(C1=C(c2ccsc2C)C(F)(F)C(F)(F)C1(F)F)=C(/C)SC. The van der Waals surface area contributed by atoms with Crippen molar-refractivity contribution in [3.63, 3.8) is 0 Å². The Kier molecular flexibility index (Phi) is 4.78. The molecule has 24 heavy (non-hydrogen) atoms. The summed E-state index contributed by atoms with van der Waals surface area (Å²) in [5.74, 6) is -15.5. The lowest BCUT2D eigenvalue weighted by Crippen LogP contribution is -2.49. The zero-order valence-electron chi connectivity index (χ0n) is 13.0. The minimum Gasteiger partial charge on any atom is -0.194 e. The first-order valence-electron chi connectivity index (χ1n) is 6.76. The average Bonchev–Trinajstić information content (AvgIpc) is 2.94. The number of rotatable bonds is 4. The van der Waals surface area contributed by atoms with E-state index in [0.717, 1.165) is 35.2 Å². The molecule has 1 aliphatic rings. The van der Waals surface area contributed by atoms with Crippen LogP contribution in [0.2, 0.25) is 0 Å². The van der Waals surface area contributed by atoms with E-state index in [9.17, 15) is 26.3 Å². The average molecular weight is 384 g/mol. The number of allylic oxidation sites excluding steroid dienone is 5. The number of aryl methyl sites for hydroxylation is 1. The maximum absolute atomic E-state index is 14.4. The van der Waals surface area contributed by atoms with Gasteiger partial charge < -0.3 is 0 Å². The summed E-state index contributed by atoms with van der Waals surface area (Å²) in [7, 11) is 0. The number of thioether (sulfide) groups is 1. The number of hydrogen-bond acceptors (Lipinski definition) is 2. The van der Waals surface area contributed by atoms with Crippen molar-refractivity contribution in [2.45, 2.75) is 31.6 Å². The molecule has 2 rings (SSSR count). The van der Waals surface area contributed by atoms with Gasteiger partial charge in [-0.05, 0) is 47.6 Å². The Bertz CT molecular complexity index is 740. The predicted octanol–water partition coefficient (Wildman–Crippen LogP) is 6.55. The normalized spacial score (nSPS) is 22.5. The van der Waals surface area contributed by atoms with Gasteiger partial charge in [-0.15, -0.1) is 23.1 Å². The summed E-state index contributed by atoms with van der Waals surface area (Å²) in [6.07, 6.45) is 2.46. The van der Waals surface area contributed by atoms with Crippen LogP contribution in [0.4, 0.5) is 26.3 Å². The van der Waals surface area contributed by atoms with Crippen molar-refractivity contribution in [2.75, 3.05) is 6.26 Å². The highest BCUT2D eigenvalue weighted by Gasteiger charge is 2.80. The lowest BCUT2D eigenvalue weighted by Gasteiger charge is -2.26.